The highest BCUT2D eigenvalue weighted by Gasteiger charge is 2.32. The van der Waals surface area contributed by atoms with Crippen molar-refractivity contribution >= 4 is 27.3 Å². The third-order valence-electron chi connectivity index (χ3n) is 4.08. The normalized spacial score (nSPS) is 23.3. The van der Waals surface area contributed by atoms with Gasteiger partial charge >= 0.3 is 0 Å². The fourth-order valence-electron chi connectivity index (χ4n) is 2.87. The highest BCUT2D eigenvalue weighted by atomic mass is 79.9. The van der Waals surface area contributed by atoms with E-state index in [9.17, 15) is 0 Å². The van der Waals surface area contributed by atoms with Crippen molar-refractivity contribution in [3.8, 4) is 0 Å². The Bertz CT molecular complexity index is 549. The highest BCUT2D eigenvalue weighted by Crippen LogP contribution is 2.41. The molecule has 1 heterocycles. The molecule has 1 aromatic carbocycles. The highest BCUT2D eigenvalue weighted by molar-refractivity contribution is 9.10. The molecule has 3 rings (SSSR count). The first kappa shape index (κ1) is 14.2. The number of nitrogens with zero attached hydrogens (tertiary/aromatic N) is 1. The molecule has 0 bridgehead atoms. The molecule has 1 saturated carbocycles. The zero-order chi connectivity index (χ0) is 13.9. The van der Waals surface area contributed by atoms with Crippen molar-refractivity contribution in [1.29, 1.82) is 0 Å². The monoisotopic (exact) mass is 350 g/mol. The molecule has 0 radical (unpaired) electrons. The summed E-state index contributed by atoms with van der Waals surface area (Å²) in [6.45, 7) is 2.23. The molecule has 1 aliphatic carbocycles. The lowest BCUT2D eigenvalue weighted by atomic mass is 9.75. The average molecular weight is 351 g/mol. The van der Waals surface area contributed by atoms with Gasteiger partial charge in [0, 0.05) is 22.1 Å². The second kappa shape index (κ2) is 6.37. The van der Waals surface area contributed by atoms with Crippen LogP contribution in [0.2, 0.25) is 0 Å². The quantitative estimate of drug-likeness (QED) is 0.829. The first-order valence-corrected chi connectivity index (χ1v) is 8.85. The Morgan fingerprint density at radius 1 is 1.40 bits per heavy atom. The van der Waals surface area contributed by atoms with Gasteiger partial charge in [0.2, 0.25) is 0 Å². The van der Waals surface area contributed by atoms with Crippen molar-refractivity contribution in [2.24, 2.45) is 0 Å². The Kier molecular flexibility index (Phi) is 4.54. The maximum absolute atomic E-state index is 4.44. The molecule has 0 amide bonds. The summed E-state index contributed by atoms with van der Waals surface area (Å²) in [5.74, 6) is 0.692. The molecule has 1 fully saturated rings. The van der Waals surface area contributed by atoms with Crippen LogP contribution in [0.5, 0.6) is 0 Å². The molecule has 1 aliphatic rings. The van der Waals surface area contributed by atoms with Gasteiger partial charge in [-0.2, -0.15) is 0 Å². The van der Waals surface area contributed by atoms with Crippen LogP contribution in [-0.4, -0.2) is 11.0 Å². The van der Waals surface area contributed by atoms with Crippen molar-refractivity contribution in [3.05, 3.63) is 50.9 Å². The summed E-state index contributed by atoms with van der Waals surface area (Å²) in [4.78, 5) is 4.44. The van der Waals surface area contributed by atoms with Crippen molar-refractivity contribution in [2.45, 2.75) is 44.2 Å². The van der Waals surface area contributed by atoms with Crippen LogP contribution >= 0.6 is 27.3 Å². The van der Waals surface area contributed by atoms with Crippen LogP contribution in [0.15, 0.2) is 40.3 Å². The average Bonchev–Trinajstić information content (AvgIpc) is 2.93. The zero-order valence-electron chi connectivity index (χ0n) is 11.6. The van der Waals surface area contributed by atoms with Gasteiger partial charge in [-0.1, -0.05) is 41.1 Å². The van der Waals surface area contributed by atoms with E-state index >= 15 is 0 Å². The lowest BCUT2D eigenvalue weighted by Crippen LogP contribution is -2.42. The molecule has 1 unspecified atom stereocenters. The smallest absolute Gasteiger partial charge is 0.109 e. The fraction of sp³-hybridized carbons (Fsp3) is 0.438. The second-order valence-electron chi connectivity index (χ2n) is 5.38. The number of thiazole rings is 1. The summed E-state index contributed by atoms with van der Waals surface area (Å²) in [7, 11) is 0. The lowest BCUT2D eigenvalue weighted by molar-refractivity contribution is 0.262. The maximum atomic E-state index is 4.44. The molecule has 106 valence electrons. The molecule has 1 N–H and O–H groups in total. The van der Waals surface area contributed by atoms with Crippen LogP contribution < -0.4 is 5.32 Å². The minimum absolute atomic E-state index is 0.417. The molecule has 4 heteroatoms. The summed E-state index contributed by atoms with van der Waals surface area (Å²) >= 11 is 5.41. The van der Waals surface area contributed by atoms with E-state index in [1.165, 1.54) is 27.9 Å². The van der Waals surface area contributed by atoms with Gasteiger partial charge in [-0.25, -0.2) is 4.98 Å². The van der Waals surface area contributed by atoms with Gasteiger partial charge in [0.1, 0.15) is 5.01 Å². The van der Waals surface area contributed by atoms with E-state index in [0.29, 0.717) is 18.0 Å². The van der Waals surface area contributed by atoms with Crippen LogP contribution in [0.3, 0.4) is 0 Å². The fourth-order valence-corrected chi connectivity index (χ4v) is 4.26. The van der Waals surface area contributed by atoms with E-state index < -0.39 is 0 Å². The molecule has 0 saturated heterocycles. The molecule has 2 nitrogen and oxygen atoms in total. The lowest BCUT2D eigenvalue weighted by Gasteiger charge is -2.38. The molecule has 1 aromatic heterocycles. The van der Waals surface area contributed by atoms with E-state index in [2.05, 4.69) is 62.8 Å². The van der Waals surface area contributed by atoms with Crippen LogP contribution in [0.4, 0.5) is 0 Å². The Morgan fingerprint density at radius 2 is 2.20 bits per heavy atom. The Labute approximate surface area is 132 Å². The standard InChI is InChI=1S/C16H19BrN2S/c1-2-15(16-18-7-8-20-16)19-12-9-11(10-12)13-5-3-4-6-14(13)17/h3-8,11-12,15,19H,2,9-10H2,1H3. The summed E-state index contributed by atoms with van der Waals surface area (Å²) in [5, 5.41) is 7.04. The first-order chi connectivity index (χ1) is 9.78. The van der Waals surface area contributed by atoms with Gasteiger partial charge < -0.3 is 5.32 Å². The molecular formula is C16H19BrN2S. The minimum atomic E-state index is 0.417. The van der Waals surface area contributed by atoms with E-state index in [4.69, 9.17) is 0 Å². The molecular weight excluding hydrogens is 332 g/mol. The third kappa shape index (κ3) is 2.97. The Hall–Kier alpha value is -0.710. The van der Waals surface area contributed by atoms with Gasteiger partial charge in [0.15, 0.2) is 0 Å². The number of hydrogen-bond donors (Lipinski definition) is 1. The summed E-state index contributed by atoms with van der Waals surface area (Å²) in [6.07, 6.45) is 5.45. The van der Waals surface area contributed by atoms with E-state index in [0.717, 1.165) is 6.42 Å². The van der Waals surface area contributed by atoms with Crippen molar-refractivity contribution in [1.82, 2.24) is 10.3 Å². The largest absolute Gasteiger partial charge is 0.305 e. The van der Waals surface area contributed by atoms with Crippen molar-refractivity contribution in [3.63, 3.8) is 0 Å². The maximum Gasteiger partial charge on any atom is 0.109 e. The summed E-state index contributed by atoms with van der Waals surface area (Å²) < 4.78 is 1.25. The van der Waals surface area contributed by atoms with Crippen LogP contribution in [0, 0.1) is 0 Å². The summed E-state index contributed by atoms with van der Waals surface area (Å²) in [5.41, 5.74) is 1.45. The van der Waals surface area contributed by atoms with Crippen LogP contribution in [0.25, 0.3) is 0 Å². The number of nitrogens with one attached hydrogen (secondary N) is 1. The van der Waals surface area contributed by atoms with Gasteiger partial charge in [-0.15, -0.1) is 11.3 Å². The molecule has 20 heavy (non-hydrogen) atoms. The SMILES string of the molecule is CCC(NC1CC(c2ccccc2Br)C1)c1nccs1. The molecule has 0 aliphatic heterocycles. The van der Waals surface area contributed by atoms with Gasteiger partial charge in [0.25, 0.3) is 0 Å². The number of halogens is 1. The summed E-state index contributed by atoms with van der Waals surface area (Å²) in [6, 6.07) is 9.63. The first-order valence-electron chi connectivity index (χ1n) is 7.17. The Morgan fingerprint density at radius 3 is 2.85 bits per heavy atom. The molecule has 2 aromatic rings. The van der Waals surface area contributed by atoms with Gasteiger partial charge in [-0.05, 0) is 36.8 Å². The topological polar surface area (TPSA) is 24.9 Å². The third-order valence-corrected chi connectivity index (χ3v) is 5.69. The number of rotatable bonds is 5. The van der Waals surface area contributed by atoms with Crippen LogP contribution in [-0.2, 0) is 0 Å². The molecule has 1 atom stereocenters. The van der Waals surface area contributed by atoms with Gasteiger partial charge in [0.05, 0.1) is 6.04 Å². The predicted molar refractivity (Wildman–Crippen MR) is 88.2 cm³/mol. The van der Waals surface area contributed by atoms with E-state index in [1.807, 2.05) is 6.20 Å². The van der Waals surface area contributed by atoms with E-state index in [1.54, 1.807) is 11.3 Å². The van der Waals surface area contributed by atoms with E-state index in [-0.39, 0.29) is 0 Å². The number of aromatic nitrogens is 1. The predicted octanol–water partition coefficient (Wildman–Crippen LogP) is 4.89. The van der Waals surface area contributed by atoms with Crippen molar-refractivity contribution in [2.75, 3.05) is 0 Å². The Balaban J connectivity index is 1.57. The second-order valence-corrected chi connectivity index (χ2v) is 7.17. The number of benzene rings is 1. The van der Waals surface area contributed by atoms with Crippen molar-refractivity contribution < 1.29 is 0 Å². The zero-order valence-corrected chi connectivity index (χ0v) is 14.0. The minimum Gasteiger partial charge on any atom is -0.305 e. The van der Waals surface area contributed by atoms with Gasteiger partial charge in [-0.3, -0.25) is 0 Å². The van der Waals surface area contributed by atoms with Crippen LogP contribution in [0.1, 0.15) is 48.7 Å². The molecule has 0 spiro atoms. The number of hydrogen-bond acceptors (Lipinski definition) is 3.